The number of rotatable bonds is 4. The molecule has 0 saturated heterocycles. The molecule has 26 heavy (non-hydrogen) atoms. The van der Waals surface area contributed by atoms with E-state index in [0.29, 0.717) is 11.8 Å². The molecule has 2 heterocycles. The number of carbonyl (C=O) groups excluding carboxylic acids is 1. The smallest absolute Gasteiger partial charge is 0.252 e. The third kappa shape index (κ3) is 4.01. The summed E-state index contributed by atoms with van der Waals surface area (Å²) < 4.78 is 14.9. The van der Waals surface area contributed by atoms with E-state index in [1.807, 2.05) is 6.07 Å². The summed E-state index contributed by atoms with van der Waals surface area (Å²) in [6.45, 7) is 1.70. The van der Waals surface area contributed by atoms with Crippen LogP contribution in [0.5, 0.6) is 0 Å². The van der Waals surface area contributed by atoms with Crippen LogP contribution in [0, 0.1) is 17.1 Å². The van der Waals surface area contributed by atoms with Crippen molar-refractivity contribution in [1.82, 2.24) is 30.0 Å². The van der Waals surface area contributed by atoms with Gasteiger partial charge in [-0.15, -0.1) is 0 Å². The van der Waals surface area contributed by atoms with E-state index in [4.69, 9.17) is 5.26 Å². The van der Waals surface area contributed by atoms with Crippen molar-refractivity contribution >= 4 is 19.4 Å². The zero-order valence-corrected chi connectivity index (χ0v) is 14.6. The van der Waals surface area contributed by atoms with E-state index < -0.39 is 17.8 Å². The van der Waals surface area contributed by atoms with Crippen LogP contribution in [0.2, 0.25) is 0 Å². The van der Waals surface area contributed by atoms with E-state index in [2.05, 4.69) is 25.4 Å². The van der Waals surface area contributed by atoms with Gasteiger partial charge in [-0.05, 0) is 31.2 Å². The monoisotopic (exact) mass is 371 g/mol. The van der Waals surface area contributed by atoms with Crippen LogP contribution in [0.3, 0.4) is 0 Å². The molecule has 0 aliphatic rings. The van der Waals surface area contributed by atoms with Crippen molar-refractivity contribution in [3.05, 3.63) is 65.8 Å². The largest absolute Gasteiger partial charge is 0.342 e. The zero-order valence-electron chi connectivity index (χ0n) is 13.6. The fourth-order valence-electron chi connectivity index (χ4n) is 2.23. The van der Waals surface area contributed by atoms with Gasteiger partial charge in [0.05, 0.1) is 17.7 Å². The third-order valence-electron chi connectivity index (χ3n) is 3.34. The Labute approximate surface area is 155 Å². The van der Waals surface area contributed by atoms with Crippen molar-refractivity contribution in [2.75, 3.05) is 0 Å². The molecule has 0 unspecified atom stereocenters. The Morgan fingerprint density at radius 3 is 2.69 bits per heavy atom. The second-order valence-electron chi connectivity index (χ2n) is 5.11. The molecule has 3 rings (SSSR count). The highest BCUT2D eigenvalue weighted by atomic mass is 32.1. The molecular weight excluding hydrogens is 357 g/mol. The van der Waals surface area contributed by atoms with Crippen molar-refractivity contribution in [2.24, 2.45) is 0 Å². The molecule has 0 radical (unpaired) electrons. The molecule has 0 bridgehead atoms. The second-order valence-corrected chi connectivity index (χ2v) is 5.11. The van der Waals surface area contributed by atoms with Crippen LogP contribution in [-0.2, 0) is 0 Å². The van der Waals surface area contributed by atoms with Gasteiger partial charge in [-0.2, -0.15) is 28.5 Å². The molecule has 8 nitrogen and oxygen atoms in total. The van der Waals surface area contributed by atoms with Crippen LogP contribution in [0.4, 0.5) is 4.39 Å². The van der Waals surface area contributed by atoms with Gasteiger partial charge < -0.3 is 5.32 Å². The molecule has 0 aliphatic heterocycles. The molecule has 0 fully saturated rings. The van der Waals surface area contributed by atoms with Crippen LogP contribution in [0.15, 0.2) is 43.0 Å². The van der Waals surface area contributed by atoms with Crippen LogP contribution >= 0.6 is 13.5 Å². The summed E-state index contributed by atoms with van der Waals surface area (Å²) in [5.41, 5.74) is 0.115. The van der Waals surface area contributed by atoms with Gasteiger partial charge in [-0.3, -0.25) is 4.79 Å². The van der Waals surface area contributed by atoms with E-state index in [0.717, 1.165) is 12.1 Å². The van der Waals surface area contributed by atoms with E-state index in [1.54, 1.807) is 25.4 Å². The van der Waals surface area contributed by atoms with Crippen LogP contribution in [0.25, 0.3) is 5.95 Å². The number of nitrogens with one attached hydrogen (secondary N) is 1. The van der Waals surface area contributed by atoms with Gasteiger partial charge in [0.25, 0.3) is 11.9 Å². The topological polar surface area (TPSA) is 109 Å². The molecule has 3 aromatic rings. The molecule has 0 aliphatic carbocycles. The van der Waals surface area contributed by atoms with Gasteiger partial charge in [0.15, 0.2) is 5.82 Å². The Morgan fingerprint density at radius 1 is 1.27 bits per heavy atom. The Hall–Kier alpha value is -3.32. The number of nitrogens with zero attached hydrogens (tertiary/aromatic N) is 6. The lowest BCUT2D eigenvalue weighted by molar-refractivity contribution is 0.0937. The summed E-state index contributed by atoms with van der Waals surface area (Å²) in [5, 5.41) is 15.6. The SMILES string of the molecule is C[C@H](NC(=O)c1cc(F)cc(C#N)c1)c1ncnn1-c1ncccn1.S. The molecule has 132 valence electrons. The van der Waals surface area contributed by atoms with E-state index in [9.17, 15) is 9.18 Å². The first-order valence-electron chi connectivity index (χ1n) is 7.27. The van der Waals surface area contributed by atoms with Gasteiger partial charge in [0.2, 0.25) is 0 Å². The number of hydrogen-bond acceptors (Lipinski definition) is 6. The predicted molar refractivity (Wildman–Crippen MR) is 94.3 cm³/mol. The van der Waals surface area contributed by atoms with Crippen LogP contribution in [0.1, 0.15) is 34.7 Å². The lowest BCUT2D eigenvalue weighted by Crippen LogP contribution is -2.29. The molecule has 2 aromatic heterocycles. The lowest BCUT2D eigenvalue weighted by Gasteiger charge is -2.14. The average molecular weight is 371 g/mol. The number of benzene rings is 1. The number of amides is 1. The molecule has 1 amide bonds. The van der Waals surface area contributed by atoms with Gasteiger partial charge in [-0.25, -0.2) is 19.3 Å². The molecule has 10 heteroatoms. The first-order valence-corrected chi connectivity index (χ1v) is 7.27. The lowest BCUT2D eigenvalue weighted by atomic mass is 10.1. The fourth-order valence-corrected chi connectivity index (χ4v) is 2.23. The van der Waals surface area contributed by atoms with E-state index in [1.165, 1.54) is 17.1 Å². The standard InChI is InChI=1S/C16H12FN7O.H2S/c1-10(14-21-9-22-24(14)16-19-3-2-4-20-16)23-15(25)12-5-11(8-18)6-13(17)7-12;/h2-7,9-10H,1H3,(H,23,25);1H2/t10-;/m0./s1. The highest BCUT2D eigenvalue weighted by Crippen LogP contribution is 2.14. The maximum Gasteiger partial charge on any atom is 0.252 e. The number of hydrogen-bond donors (Lipinski definition) is 1. The Kier molecular flexibility index (Phi) is 5.98. The summed E-state index contributed by atoms with van der Waals surface area (Å²) in [4.78, 5) is 24.6. The number of carbonyl (C=O) groups is 1. The quantitative estimate of drug-likeness (QED) is 0.747. The second kappa shape index (κ2) is 8.17. The van der Waals surface area contributed by atoms with Gasteiger partial charge in [0, 0.05) is 18.0 Å². The van der Waals surface area contributed by atoms with Crippen molar-refractivity contribution in [1.29, 1.82) is 5.26 Å². The first-order chi connectivity index (χ1) is 12.1. The Bertz CT molecular complexity index is 955. The maximum absolute atomic E-state index is 13.5. The molecule has 0 spiro atoms. The van der Waals surface area contributed by atoms with Gasteiger partial charge in [-0.1, -0.05) is 0 Å². The van der Waals surface area contributed by atoms with Gasteiger partial charge >= 0.3 is 0 Å². The van der Waals surface area contributed by atoms with Crippen molar-refractivity contribution in [2.45, 2.75) is 13.0 Å². The minimum atomic E-state index is -0.655. The molecule has 1 aromatic carbocycles. The van der Waals surface area contributed by atoms with E-state index in [-0.39, 0.29) is 24.6 Å². The minimum absolute atomic E-state index is 0. The maximum atomic E-state index is 13.5. The number of halogens is 1. The summed E-state index contributed by atoms with van der Waals surface area (Å²) in [7, 11) is 0. The molecule has 1 N–H and O–H groups in total. The number of aromatic nitrogens is 5. The summed E-state index contributed by atoms with van der Waals surface area (Å²) in [5.74, 6) is -0.463. The summed E-state index contributed by atoms with van der Waals surface area (Å²) in [6.07, 6.45) is 4.45. The molecular formula is C16H14FN7OS. The van der Waals surface area contributed by atoms with Gasteiger partial charge in [0.1, 0.15) is 12.1 Å². The summed E-state index contributed by atoms with van der Waals surface area (Å²) >= 11 is 0. The molecule has 1 atom stereocenters. The summed E-state index contributed by atoms with van der Waals surface area (Å²) in [6, 6.07) is 6.37. The highest BCUT2D eigenvalue weighted by molar-refractivity contribution is 7.59. The third-order valence-corrected chi connectivity index (χ3v) is 3.34. The predicted octanol–water partition coefficient (Wildman–Crippen LogP) is 1.67. The van der Waals surface area contributed by atoms with E-state index >= 15 is 0 Å². The van der Waals surface area contributed by atoms with Crippen molar-refractivity contribution in [3.63, 3.8) is 0 Å². The van der Waals surface area contributed by atoms with Crippen molar-refractivity contribution < 1.29 is 9.18 Å². The first kappa shape index (κ1) is 19.0. The Morgan fingerprint density at radius 2 is 2.00 bits per heavy atom. The normalized spacial score (nSPS) is 11.1. The minimum Gasteiger partial charge on any atom is -0.342 e. The molecule has 0 saturated carbocycles. The Balaban J connectivity index is 0.00000243. The average Bonchev–Trinajstić information content (AvgIpc) is 3.11. The highest BCUT2D eigenvalue weighted by Gasteiger charge is 2.19. The zero-order chi connectivity index (χ0) is 17.8. The fraction of sp³-hybridized carbons (Fsp3) is 0.125. The number of nitriles is 1. The van der Waals surface area contributed by atoms with Crippen LogP contribution < -0.4 is 5.32 Å². The van der Waals surface area contributed by atoms with Crippen molar-refractivity contribution in [3.8, 4) is 12.0 Å². The van der Waals surface area contributed by atoms with Crippen LogP contribution in [-0.4, -0.2) is 30.6 Å².